The summed E-state index contributed by atoms with van der Waals surface area (Å²) in [5, 5.41) is 3.04. The molecule has 1 heterocycles. The van der Waals surface area contributed by atoms with Crippen LogP contribution in [0.25, 0.3) is 0 Å². The normalized spacial score (nSPS) is 16.9. The van der Waals surface area contributed by atoms with Crippen LogP contribution in [0.5, 0.6) is 5.75 Å². The molecule has 6 nitrogen and oxygen atoms in total. The number of piperidine rings is 1. The van der Waals surface area contributed by atoms with Gasteiger partial charge in [-0.3, -0.25) is 4.79 Å². The number of hydrogen-bond donors (Lipinski definition) is 1. The molecule has 0 spiro atoms. The van der Waals surface area contributed by atoms with E-state index in [0.717, 1.165) is 11.3 Å². The molecule has 0 bridgehead atoms. The van der Waals surface area contributed by atoms with Crippen molar-refractivity contribution in [2.45, 2.75) is 45.1 Å². The first kappa shape index (κ1) is 22.3. The maximum atomic E-state index is 13.5. The Kier molecular flexibility index (Phi) is 6.83. The van der Waals surface area contributed by atoms with Crippen LogP contribution >= 0.6 is 0 Å². The zero-order valence-electron chi connectivity index (χ0n) is 17.8. The third-order valence-corrected chi connectivity index (χ3v) is 7.46. The average molecular weight is 431 g/mol. The highest BCUT2D eigenvalue weighted by Crippen LogP contribution is 2.37. The molecule has 1 aliphatic heterocycles. The molecule has 0 atom stereocenters. The van der Waals surface area contributed by atoms with Gasteiger partial charge in [0.25, 0.3) is 0 Å². The summed E-state index contributed by atoms with van der Waals surface area (Å²) >= 11 is 0. The summed E-state index contributed by atoms with van der Waals surface area (Å²) in [7, 11) is -3.27. The van der Waals surface area contributed by atoms with Crippen molar-refractivity contribution in [2.75, 3.05) is 24.2 Å². The lowest BCUT2D eigenvalue weighted by Crippen LogP contribution is -2.51. The van der Waals surface area contributed by atoms with Crippen molar-refractivity contribution < 1.29 is 17.9 Å². The van der Waals surface area contributed by atoms with Crippen LogP contribution in [0.15, 0.2) is 54.6 Å². The first-order valence-corrected chi connectivity index (χ1v) is 12.0. The number of carbonyl (C=O) groups excluding carboxylic acids is 1. The van der Waals surface area contributed by atoms with Crippen molar-refractivity contribution in [2.24, 2.45) is 0 Å². The van der Waals surface area contributed by atoms with Gasteiger partial charge >= 0.3 is 0 Å². The summed E-state index contributed by atoms with van der Waals surface area (Å²) in [4.78, 5) is 13.5. The number of rotatable bonds is 7. The van der Waals surface area contributed by atoms with Gasteiger partial charge in [0.15, 0.2) is 0 Å². The fourth-order valence-electron chi connectivity index (χ4n) is 3.87. The maximum Gasteiger partial charge on any atom is 0.235 e. The second kappa shape index (κ2) is 9.18. The van der Waals surface area contributed by atoms with Crippen LogP contribution in [0.4, 0.5) is 5.69 Å². The highest BCUT2D eigenvalue weighted by Gasteiger charge is 2.44. The molecule has 0 saturated carbocycles. The van der Waals surface area contributed by atoms with E-state index in [0.29, 0.717) is 31.6 Å². The third kappa shape index (κ3) is 4.84. The van der Waals surface area contributed by atoms with Crippen molar-refractivity contribution in [1.82, 2.24) is 4.31 Å². The highest BCUT2D eigenvalue weighted by atomic mass is 32.2. The summed E-state index contributed by atoms with van der Waals surface area (Å²) in [5.74, 6) is 0.709. The van der Waals surface area contributed by atoms with Crippen LogP contribution < -0.4 is 10.1 Å². The van der Waals surface area contributed by atoms with E-state index in [4.69, 9.17) is 4.74 Å². The van der Waals surface area contributed by atoms with Crippen LogP contribution in [0, 0.1) is 0 Å². The lowest BCUT2D eigenvalue weighted by molar-refractivity contribution is -0.123. The van der Waals surface area contributed by atoms with Gasteiger partial charge in [0, 0.05) is 18.8 Å². The monoisotopic (exact) mass is 430 g/mol. The van der Waals surface area contributed by atoms with E-state index in [1.807, 2.05) is 68.4 Å². The summed E-state index contributed by atoms with van der Waals surface area (Å²) in [5.41, 5.74) is 0.833. The molecule has 7 heteroatoms. The number of carbonyl (C=O) groups is 1. The molecule has 1 amide bonds. The second-order valence-corrected chi connectivity index (χ2v) is 10.2. The molecule has 0 radical (unpaired) electrons. The van der Waals surface area contributed by atoms with Gasteiger partial charge in [0.05, 0.1) is 17.3 Å². The zero-order valence-corrected chi connectivity index (χ0v) is 18.6. The predicted octanol–water partition coefficient (Wildman–Crippen LogP) is 3.80. The molecule has 0 aromatic heterocycles. The van der Waals surface area contributed by atoms with E-state index in [9.17, 15) is 13.2 Å². The van der Waals surface area contributed by atoms with Gasteiger partial charge in [-0.2, -0.15) is 0 Å². The third-order valence-electron chi connectivity index (χ3n) is 5.58. The van der Waals surface area contributed by atoms with Crippen LogP contribution in [0.1, 0.15) is 39.2 Å². The summed E-state index contributed by atoms with van der Waals surface area (Å²) in [6.45, 7) is 6.24. The number of hydrogen-bond acceptors (Lipinski definition) is 4. The number of anilines is 1. The molecule has 2 aromatic rings. The second-order valence-electron chi connectivity index (χ2n) is 7.89. The van der Waals surface area contributed by atoms with E-state index < -0.39 is 15.4 Å². The standard InChI is InChI=1S/C23H30N2O4S/c1-4-30(27,28)25-16-14-23(15-17-25,19-8-6-5-7-9-19)22(26)24-20-10-12-21(13-11-20)29-18(2)3/h5-13,18H,4,14-17H2,1-3H3,(H,24,26). The van der Waals surface area contributed by atoms with Crippen LogP contribution in [0.3, 0.4) is 0 Å². The van der Waals surface area contributed by atoms with E-state index in [-0.39, 0.29) is 17.8 Å². The number of amides is 1. The van der Waals surface area contributed by atoms with Crippen molar-refractivity contribution in [1.29, 1.82) is 0 Å². The minimum atomic E-state index is -3.27. The molecule has 30 heavy (non-hydrogen) atoms. The van der Waals surface area contributed by atoms with Gasteiger partial charge in [0.1, 0.15) is 5.75 Å². The quantitative estimate of drug-likeness (QED) is 0.725. The Morgan fingerprint density at radius 1 is 1.07 bits per heavy atom. The van der Waals surface area contributed by atoms with Crippen molar-refractivity contribution in [3.05, 3.63) is 60.2 Å². The van der Waals surface area contributed by atoms with Crippen molar-refractivity contribution >= 4 is 21.6 Å². The fraction of sp³-hybridized carbons (Fsp3) is 0.435. The van der Waals surface area contributed by atoms with E-state index in [1.54, 1.807) is 6.92 Å². The number of nitrogens with zero attached hydrogens (tertiary/aromatic N) is 1. The van der Waals surface area contributed by atoms with Gasteiger partial charge in [-0.1, -0.05) is 30.3 Å². The van der Waals surface area contributed by atoms with Crippen LogP contribution in [0.2, 0.25) is 0 Å². The first-order valence-electron chi connectivity index (χ1n) is 10.4. The summed E-state index contributed by atoms with van der Waals surface area (Å²) < 4.78 is 31.7. The average Bonchev–Trinajstić information content (AvgIpc) is 2.75. The Hall–Kier alpha value is -2.38. The lowest BCUT2D eigenvalue weighted by atomic mass is 9.72. The maximum absolute atomic E-state index is 13.5. The molecular formula is C23H30N2O4S. The Balaban J connectivity index is 1.82. The topological polar surface area (TPSA) is 75.7 Å². The smallest absolute Gasteiger partial charge is 0.235 e. The van der Waals surface area contributed by atoms with Crippen molar-refractivity contribution in [3.8, 4) is 5.75 Å². The van der Waals surface area contributed by atoms with Crippen LogP contribution in [-0.4, -0.2) is 43.6 Å². The summed E-state index contributed by atoms with van der Waals surface area (Å²) in [6, 6.07) is 17.0. The molecule has 1 saturated heterocycles. The molecule has 162 valence electrons. The molecule has 0 aliphatic carbocycles. The van der Waals surface area contributed by atoms with Crippen LogP contribution in [-0.2, 0) is 20.2 Å². The Labute approximate surface area is 179 Å². The molecular weight excluding hydrogens is 400 g/mol. The van der Waals surface area contributed by atoms with Gasteiger partial charge in [-0.05, 0) is 63.4 Å². The van der Waals surface area contributed by atoms with Gasteiger partial charge in [-0.25, -0.2) is 12.7 Å². The Morgan fingerprint density at radius 3 is 2.20 bits per heavy atom. The number of ether oxygens (including phenoxy) is 1. The van der Waals surface area contributed by atoms with E-state index in [2.05, 4.69) is 5.32 Å². The molecule has 1 fully saturated rings. The molecule has 0 unspecified atom stereocenters. The van der Waals surface area contributed by atoms with E-state index in [1.165, 1.54) is 4.31 Å². The minimum Gasteiger partial charge on any atom is -0.491 e. The molecule has 1 aliphatic rings. The number of benzene rings is 2. The zero-order chi connectivity index (χ0) is 21.8. The number of sulfonamides is 1. The Bertz CT molecular complexity index is 948. The van der Waals surface area contributed by atoms with Gasteiger partial charge < -0.3 is 10.1 Å². The SMILES string of the molecule is CCS(=O)(=O)N1CCC(C(=O)Nc2ccc(OC(C)C)cc2)(c2ccccc2)CC1. The van der Waals surface area contributed by atoms with Gasteiger partial charge in [-0.15, -0.1) is 0 Å². The highest BCUT2D eigenvalue weighted by molar-refractivity contribution is 7.89. The Morgan fingerprint density at radius 2 is 1.67 bits per heavy atom. The summed E-state index contributed by atoms with van der Waals surface area (Å²) in [6.07, 6.45) is 0.962. The fourth-order valence-corrected chi connectivity index (χ4v) is 4.98. The molecule has 1 N–H and O–H groups in total. The lowest BCUT2D eigenvalue weighted by Gasteiger charge is -2.40. The predicted molar refractivity (Wildman–Crippen MR) is 119 cm³/mol. The largest absolute Gasteiger partial charge is 0.491 e. The van der Waals surface area contributed by atoms with E-state index >= 15 is 0 Å². The number of nitrogens with one attached hydrogen (secondary N) is 1. The van der Waals surface area contributed by atoms with Crippen molar-refractivity contribution in [3.63, 3.8) is 0 Å². The first-order chi connectivity index (χ1) is 14.3. The molecule has 2 aromatic carbocycles. The minimum absolute atomic E-state index is 0.0718. The molecule has 3 rings (SSSR count). The van der Waals surface area contributed by atoms with Gasteiger partial charge in [0.2, 0.25) is 15.9 Å².